The second-order valence-corrected chi connectivity index (χ2v) is 20.1. The van der Waals surface area contributed by atoms with Gasteiger partial charge in [0.05, 0.1) is 52.4 Å². The first-order chi connectivity index (χ1) is 36.2. The van der Waals surface area contributed by atoms with Crippen molar-refractivity contribution in [1.29, 1.82) is 0 Å². The van der Waals surface area contributed by atoms with Gasteiger partial charge in [-0.1, -0.05) is 47.5 Å². The molecule has 0 aliphatic carbocycles. The Hall–Kier alpha value is -7.60. The van der Waals surface area contributed by atoms with Crippen molar-refractivity contribution in [1.82, 2.24) is 20.4 Å². The van der Waals surface area contributed by atoms with E-state index in [4.69, 9.17) is 37.5 Å². The van der Waals surface area contributed by atoms with Gasteiger partial charge in [0.25, 0.3) is 43.9 Å². The second kappa shape index (κ2) is 25.3. The number of carbonyl (C=O) groups excluding carboxylic acids is 4. The number of rotatable bonds is 20. The van der Waals surface area contributed by atoms with Gasteiger partial charge in [-0.3, -0.25) is 38.1 Å². The van der Waals surface area contributed by atoms with E-state index in [-0.39, 0.29) is 45.1 Å². The summed E-state index contributed by atoms with van der Waals surface area (Å²) in [5.41, 5.74) is 4.79. The molecule has 8 rings (SSSR count). The van der Waals surface area contributed by atoms with Gasteiger partial charge in [-0.05, 0) is 100 Å². The van der Waals surface area contributed by atoms with Crippen molar-refractivity contribution >= 4 is 54.6 Å². The van der Waals surface area contributed by atoms with Crippen LogP contribution in [-0.4, -0.2) is 128 Å². The molecule has 4 amide bonds. The van der Waals surface area contributed by atoms with Gasteiger partial charge < -0.3 is 39.1 Å². The Balaban J connectivity index is 0.000000349. The summed E-state index contributed by atoms with van der Waals surface area (Å²) in [4.78, 5) is 57.2. The minimum absolute atomic E-state index is 0.0666. The number of amides is 4. The maximum absolute atomic E-state index is 13.7. The SMILES string of the molecule is COc1ccc(CNCCCN2C(=O)c3ccc4c5c(ccc(c35)C2=O)C(=O)N(CCCNCc2ccc(OC)c(OC)c2OC)C4=O)c(OC)c1OC.Cc1ccc(S(=O)(=O)O)cc1.Cc1ccc(S(=O)(=O)O)cc1. The molecule has 6 aromatic carbocycles. The lowest BCUT2D eigenvalue weighted by atomic mass is 9.86. The Kier molecular flexibility index (Phi) is 19.2. The fourth-order valence-corrected chi connectivity index (χ4v) is 9.54. The maximum Gasteiger partial charge on any atom is 0.294 e. The summed E-state index contributed by atoms with van der Waals surface area (Å²) in [5, 5.41) is 7.37. The van der Waals surface area contributed by atoms with Crippen molar-refractivity contribution in [2.24, 2.45) is 0 Å². The van der Waals surface area contributed by atoms with Crippen molar-refractivity contribution in [2.45, 2.75) is 49.6 Å². The highest BCUT2D eigenvalue weighted by Gasteiger charge is 2.39. The highest BCUT2D eigenvalue weighted by atomic mass is 32.2. The molecule has 0 saturated heterocycles. The maximum atomic E-state index is 13.7. The number of carbonyl (C=O) groups is 4. The summed E-state index contributed by atoms with van der Waals surface area (Å²) in [6, 6.07) is 25.7. The summed E-state index contributed by atoms with van der Waals surface area (Å²) in [6.45, 7) is 5.97. The molecule has 4 N–H and O–H groups in total. The zero-order chi connectivity index (χ0) is 55.5. The predicted molar refractivity (Wildman–Crippen MR) is 282 cm³/mol. The first kappa shape index (κ1) is 57.7. The van der Waals surface area contributed by atoms with Crippen LogP contribution in [0.2, 0.25) is 0 Å². The third-order valence-electron chi connectivity index (χ3n) is 12.4. The van der Waals surface area contributed by atoms with Gasteiger partial charge in [-0.25, -0.2) is 0 Å². The van der Waals surface area contributed by atoms with E-state index in [1.807, 2.05) is 26.0 Å². The van der Waals surface area contributed by atoms with E-state index in [0.29, 0.717) is 84.3 Å². The number of benzene rings is 6. The summed E-state index contributed by atoms with van der Waals surface area (Å²) in [5.74, 6) is 1.38. The third-order valence-corrected chi connectivity index (χ3v) is 14.1. The summed E-state index contributed by atoms with van der Waals surface area (Å²) in [6.07, 6.45) is 0.981. The predicted octanol–water partition coefficient (Wildman–Crippen LogP) is 6.93. The van der Waals surface area contributed by atoms with Crippen LogP contribution in [0.5, 0.6) is 34.5 Å². The van der Waals surface area contributed by atoms with E-state index < -0.39 is 43.9 Å². The number of hydrogen-bond acceptors (Lipinski definition) is 16. The quantitative estimate of drug-likeness (QED) is 0.0343. The molecule has 76 heavy (non-hydrogen) atoms. The molecule has 0 saturated carbocycles. The first-order valence-electron chi connectivity index (χ1n) is 23.6. The normalized spacial score (nSPS) is 12.9. The van der Waals surface area contributed by atoms with Crippen LogP contribution in [0, 0.1) is 13.8 Å². The number of methoxy groups -OCH3 is 6. The van der Waals surface area contributed by atoms with E-state index >= 15 is 0 Å². The van der Waals surface area contributed by atoms with Crippen molar-refractivity contribution in [2.75, 3.05) is 68.8 Å². The van der Waals surface area contributed by atoms with E-state index in [9.17, 15) is 36.0 Å². The van der Waals surface area contributed by atoms with Gasteiger partial charge in [0.2, 0.25) is 11.5 Å². The van der Waals surface area contributed by atoms with E-state index in [1.165, 1.54) is 34.1 Å². The fraction of sp³-hybridized carbons (Fsp3) is 0.296. The molecule has 22 heteroatoms. The van der Waals surface area contributed by atoms with E-state index in [2.05, 4.69) is 10.6 Å². The largest absolute Gasteiger partial charge is 0.493 e. The number of imide groups is 2. The van der Waals surface area contributed by atoms with Crippen molar-refractivity contribution in [3.8, 4) is 34.5 Å². The van der Waals surface area contributed by atoms with Gasteiger partial charge in [0.1, 0.15) is 0 Å². The van der Waals surface area contributed by atoms with E-state index in [0.717, 1.165) is 22.3 Å². The van der Waals surface area contributed by atoms with Crippen LogP contribution >= 0.6 is 0 Å². The van der Waals surface area contributed by atoms with Gasteiger partial charge in [0, 0.05) is 70.3 Å². The van der Waals surface area contributed by atoms with Crippen LogP contribution in [0.3, 0.4) is 0 Å². The smallest absolute Gasteiger partial charge is 0.294 e. The number of ether oxygens (including phenoxy) is 6. The molecule has 20 nitrogen and oxygen atoms in total. The molecule has 404 valence electrons. The number of hydrogen-bond donors (Lipinski definition) is 4. The molecule has 0 fully saturated rings. The zero-order valence-electron chi connectivity index (χ0n) is 43.2. The molecular weight excluding hydrogens is 1020 g/mol. The summed E-state index contributed by atoms with van der Waals surface area (Å²) >= 11 is 0. The fourth-order valence-electron chi connectivity index (χ4n) is 8.58. The lowest BCUT2D eigenvalue weighted by Crippen LogP contribution is -2.44. The standard InChI is InChI=1S/C40H44N4O10.2C7H8O3S/c1-49-29-15-9-23(33(51-3)35(29)53-5)21-41-17-7-19-43-37(45)25-11-13-27-32-28(14-12-26(31(25)32)38(43)46)40(48)44(39(27)47)20-8-18-42-22-24-10-16-30(50-2)36(54-6)34(24)52-4;2*1-6-2-4-7(5-3-6)11(8,9)10/h9-16,41-42H,7-8,17-22H2,1-6H3;2*2-5H,1H3,(H,8,9,10). The van der Waals surface area contributed by atoms with Crippen LogP contribution in [0.1, 0.15) is 76.5 Å². The lowest BCUT2D eigenvalue weighted by molar-refractivity contribution is 0.0587. The molecule has 0 spiro atoms. The summed E-state index contributed by atoms with van der Waals surface area (Å²) in [7, 11) is 1.29. The number of nitrogens with zero attached hydrogens (tertiary/aromatic N) is 2. The monoisotopic (exact) mass is 1080 g/mol. The molecule has 0 atom stereocenters. The first-order valence-corrected chi connectivity index (χ1v) is 26.5. The molecule has 0 unspecified atom stereocenters. The van der Waals surface area contributed by atoms with Gasteiger partial charge >= 0.3 is 0 Å². The Bertz CT molecular complexity index is 3060. The van der Waals surface area contributed by atoms with Gasteiger partial charge in [-0.15, -0.1) is 0 Å². The highest BCUT2D eigenvalue weighted by Crippen LogP contribution is 2.41. The Morgan fingerprint density at radius 3 is 0.987 bits per heavy atom. The third kappa shape index (κ3) is 12.9. The molecule has 0 radical (unpaired) electrons. The lowest BCUT2D eigenvalue weighted by Gasteiger charge is -2.32. The van der Waals surface area contributed by atoms with Crippen molar-refractivity contribution < 1.29 is 73.5 Å². The van der Waals surface area contributed by atoms with Crippen LogP contribution in [-0.2, 0) is 33.3 Å². The number of aryl methyl sites for hydroxylation is 2. The zero-order valence-corrected chi connectivity index (χ0v) is 44.8. The average Bonchev–Trinajstić information content (AvgIpc) is 3.41. The van der Waals surface area contributed by atoms with E-state index in [1.54, 1.807) is 103 Å². The Labute approximate surface area is 441 Å². The van der Waals surface area contributed by atoms with Crippen molar-refractivity contribution in [3.05, 3.63) is 142 Å². The van der Waals surface area contributed by atoms with Crippen LogP contribution in [0.25, 0.3) is 10.8 Å². The number of nitrogens with one attached hydrogen (secondary N) is 2. The molecule has 2 aliphatic heterocycles. The minimum atomic E-state index is -4.02. The van der Waals surface area contributed by atoms with Gasteiger partial charge in [-0.2, -0.15) is 16.8 Å². The van der Waals surface area contributed by atoms with Crippen LogP contribution in [0.4, 0.5) is 0 Å². The highest BCUT2D eigenvalue weighted by molar-refractivity contribution is 7.86. The molecular formula is C54H60N4O16S2. The topological polar surface area (TPSA) is 263 Å². The summed E-state index contributed by atoms with van der Waals surface area (Å²) < 4.78 is 91.9. The Morgan fingerprint density at radius 1 is 0.421 bits per heavy atom. The van der Waals surface area contributed by atoms with Crippen LogP contribution in [0.15, 0.2) is 107 Å². The molecule has 2 aliphatic rings. The average molecular weight is 1090 g/mol. The molecule has 2 heterocycles. The Morgan fingerprint density at radius 2 is 0.724 bits per heavy atom. The molecule has 0 aromatic heterocycles. The molecule has 0 bridgehead atoms. The van der Waals surface area contributed by atoms with Gasteiger partial charge in [0.15, 0.2) is 23.0 Å². The molecule has 6 aromatic rings. The minimum Gasteiger partial charge on any atom is -0.493 e. The van der Waals surface area contributed by atoms with Crippen molar-refractivity contribution in [3.63, 3.8) is 0 Å². The second-order valence-electron chi connectivity index (χ2n) is 17.2. The van der Waals surface area contributed by atoms with Crippen LogP contribution < -0.4 is 39.1 Å².